The van der Waals surface area contributed by atoms with Crippen molar-refractivity contribution in [3.8, 4) is 11.4 Å². The van der Waals surface area contributed by atoms with Gasteiger partial charge in [-0.05, 0) is 31.9 Å². The quantitative estimate of drug-likeness (QED) is 0.744. The highest BCUT2D eigenvalue weighted by atomic mass is 16.5. The number of nitrogens with one attached hydrogen (secondary N) is 1. The molecule has 0 spiro atoms. The van der Waals surface area contributed by atoms with Crippen LogP contribution in [0.3, 0.4) is 0 Å². The van der Waals surface area contributed by atoms with E-state index in [-0.39, 0.29) is 11.9 Å². The number of rotatable bonds is 4. The third kappa shape index (κ3) is 3.88. The van der Waals surface area contributed by atoms with Crippen LogP contribution in [0.4, 0.5) is 4.79 Å². The Balaban J connectivity index is 1.38. The maximum Gasteiger partial charge on any atom is 0.317 e. The van der Waals surface area contributed by atoms with Crippen molar-refractivity contribution in [3.63, 3.8) is 0 Å². The van der Waals surface area contributed by atoms with Crippen LogP contribution in [0.25, 0.3) is 11.4 Å². The number of pyridine rings is 1. The molecular formula is C19H23N7O2. The molecule has 1 aliphatic rings. The van der Waals surface area contributed by atoms with Crippen molar-refractivity contribution >= 4 is 6.03 Å². The van der Waals surface area contributed by atoms with E-state index in [0.29, 0.717) is 24.8 Å². The Kier molecular flexibility index (Phi) is 5.05. The van der Waals surface area contributed by atoms with E-state index in [4.69, 9.17) is 4.52 Å². The van der Waals surface area contributed by atoms with Crippen LogP contribution in [-0.2, 0) is 13.6 Å². The van der Waals surface area contributed by atoms with Gasteiger partial charge in [0.25, 0.3) is 0 Å². The predicted octanol–water partition coefficient (Wildman–Crippen LogP) is 2.26. The maximum absolute atomic E-state index is 12.6. The third-order valence-electron chi connectivity index (χ3n) is 4.96. The molecule has 28 heavy (non-hydrogen) atoms. The van der Waals surface area contributed by atoms with E-state index in [1.54, 1.807) is 17.1 Å². The van der Waals surface area contributed by atoms with Crippen LogP contribution in [0.2, 0.25) is 0 Å². The molecule has 4 rings (SSSR count). The molecule has 2 amide bonds. The molecule has 0 aromatic carbocycles. The number of urea groups is 1. The van der Waals surface area contributed by atoms with Crippen LogP contribution >= 0.6 is 0 Å². The average molecular weight is 381 g/mol. The van der Waals surface area contributed by atoms with E-state index in [0.717, 1.165) is 36.2 Å². The van der Waals surface area contributed by atoms with E-state index in [2.05, 4.69) is 25.5 Å². The monoisotopic (exact) mass is 381 g/mol. The summed E-state index contributed by atoms with van der Waals surface area (Å²) in [6, 6.07) is 3.64. The predicted molar refractivity (Wildman–Crippen MR) is 101 cm³/mol. The zero-order chi connectivity index (χ0) is 19.5. The molecule has 0 radical (unpaired) electrons. The van der Waals surface area contributed by atoms with Gasteiger partial charge in [-0.15, -0.1) is 0 Å². The normalized spacial score (nSPS) is 16.9. The van der Waals surface area contributed by atoms with Crippen molar-refractivity contribution in [1.29, 1.82) is 0 Å². The molecule has 1 fully saturated rings. The van der Waals surface area contributed by atoms with Crippen LogP contribution < -0.4 is 5.32 Å². The Hall–Kier alpha value is -3.23. The lowest BCUT2D eigenvalue weighted by molar-refractivity contribution is 0.171. The fourth-order valence-corrected chi connectivity index (χ4v) is 3.48. The van der Waals surface area contributed by atoms with Crippen LogP contribution in [0.15, 0.2) is 35.2 Å². The summed E-state index contributed by atoms with van der Waals surface area (Å²) in [4.78, 5) is 23.0. The molecule has 1 saturated heterocycles. The Bertz CT molecular complexity index is 950. The molecule has 1 atom stereocenters. The minimum Gasteiger partial charge on any atom is -0.339 e. The molecule has 0 saturated carbocycles. The summed E-state index contributed by atoms with van der Waals surface area (Å²) in [6.45, 7) is 3.68. The first kappa shape index (κ1) is 18.1. The SMILES string of the molecule is Cc1nn(C)cc1CNC(=O)N1CCCC(c2nc(-c3cccnc3)no2)C1. The van der Waals surface area contributed by atoms with Gasteiger partial charge in [0, 0.05) is 56.4 Å². The molecule has 0 bridgehead atoms. The summed E-state index contributed by atoms with van der Waals surface area (Å²) in [5.41, 5.74) is 2.75. The second-order valence-electron chi connectivity index (χ2n) is 7.06. The summed E-state index contributed by atoms with van der Waals surface area (Å²) in [6.07, 6.45) is 7.15. The molecule has 9 heteroatoms. The lowest BCUT2D eigenvalue weighted by atomic mass is 9.98. The number of amides is 2. The minimum atomic E-state index is -0.0834. The molecule has 3 aromatic rings. The zero-order valence-electron chi connectivity index (χ0n) is 16.0. The third-order valence-corrected chi connectivity index (χ3v) is 4.96. The van der Waals surface area contributed by atoms with Gasteiger partial charge in [-0.2, -0.15) is 10.1 Å². The number of carbonyl (C=O) groups is 1. The largest absolute Gasteiger partial charge is 0.339 e. The molecule has 3 aromatic heterocycles. The summed E-state index contributed by atoms with van der Waals surface area (Å²) in [5, 5.41) is 11.4. The number of aromatic nitrogens is 5. The van der Waals surface area contributed by atoms with Gasteiger partial charge in [-0.1, -0.05) is 5.16 Å². The van der Waals surface area contributed by atoms with Gasteiger partial charge in [-0.25, -0.2) is 4.79 Å². The second-order valence-corrected chi connectivity index (χ2v) is 7.06. The minimum absolute atomic E-state index is 0.0394. The van der Waals surface area contributed by atoms with Crippen LogP contribution in [-0.4, -0.2) is 48.9 Å². The molecular weight excluding hydrogens is 358 g/mol. The van der Waals surface area contributed by atoms with Gasteiger partial charge in [0.15, 0.2) is 0 Å². The van der Waals surface area contributed by atoms with Crippen LogP contribution in [0.1, 0.15) is 35.9 Å². The Labute approximate surface area is 162 Å². The number of piperidine rings is 1. The Morgan fingerprint density at radius 3 is 3.07 bits per heavy atom. The molecule has 1 N–H and O–H groups in total. The van der Waals surface area contributed by atoms with E-state index in [9.17, 15) is 4.79 Å². The zero-order valence-corrected chi connectivity index (χ0v) is 16.0. The van der Waals surface area contributed by atoms with Crippen molar-refractivity contribution in [1.82, 2.24) is 35.1 Å². The van der Waals surface area contributed by atoms with Gasteiger partial charge in [-0.3, -0.25) is 9.67 Å². The van der Waals surface area contributed by atoms with E-state index in [1.807, 2.05) is 37.2 Å². The van der Waals surface area contributed by atoms with E-state index < -0.39 is 0 Å². The number of aryl methyl sites for hydroxylation is 2. The summed E-state index contributed by atoms with van der Waals surface area (Å²) >= 11 is 0. The highest BCUT2D eigenvalue weighted by Crippen LogP contribution is 2.27. The van der Waals surface area contributed by atoms with E-state index >= 15 is 0 Å². The van der Waals surface area contributed by atoms with Gasteiger partial charge in [0.2, 0.25) is 11.7 Å². The molecule has 0 aliphatic carbocycles. The van der Waals surface area contributed by atoms with Crippen molar-refractivity contribution < 1.29 is 9.32 Å². The topological polar surface area (TPSA) is 102 Å². The number of hydrogen-bond donors (Lipinski definition) is 1. The van der Waals surface area contributed by atoms with Crippen molar-refractivity contribution in [2.45, 2.75) is 32.2 Å². The van der Waals surface area contributed by atoms with Gasteiger partial charge in [0.05, 0.1) is 11.6 Å². The van der Waals surface area contributed by atoms with Crippen LogP contribution in [0, 0.1) is 6.92 Å². The summed E-state index contributed by atoms with van der Waals surface area (Å²) in [7, 11) is 1.87. The second kappa shape index (κ2) is 7.79. The van der Waals surface area contributed by atoms with Crippen molar-refractivity contribution in [3.05, 3.63) is 47.9 Å². The maximum atomic E-state index is 12.6. The molecule has 1 unspecified atom stereocenters. The molecule has 9 nitrogen and oxygen atoms in total. The molecule has 4 heterocycles. The van der Waals surface area contributed by atoms with Gasteiger partial charge < -0.3 is 14.7 Å². The van der Waals surface area contributed by atoms with Crippen LogP contribution in [0.5, 0.6) is 0 Å². The number of carbonyl (C=O) groups excluding carboxylic acids is 1. The number of hydrogen-bond acceptors (Lipinski definition) is 6. The fourth-order valence-electron chi connectivity index (χ4n) is 3.48. The molecule has 146 valence electrons. The summed E-state index contributed by atoms with van der Waals surface area (Å²) in [5.74, 6) is 1.13. The standard InChI is InChI=1S/C19H23N7O2/c1-13-16(11-25(2)23-13)10-21-19(27)26-8-4-6-15(12-26)18-22-17(24-28-18)14-5-3-7-20-9-14/h3,5,7,9,11,15H,4,6,8,10,12H2,1-2H3,(H,21,27). The first-order valence-corrected chi connectivity index (χ1v) is 9.36. The summed E-state index contributed by atoms with van der Waals surface area (Å²) < 4.78 is 7.23. The average Bonchev–Trinajstić information content (AvgIpc) is 3.33. The van der Waals surface area contributed by atoms with Crippen molar-refractivity contribution in [2.75, 3.05) is 13.1 Å². The van der Waals surface area contributed by atoms with Gasteiger partial charge >= 0.3 is 6.03 Å². The number of nitrogens with zero attached hydrogens (tertiary/aromatic N) is 6. The highest BCUT2D eigenvalue weighted by Gasteiger charge is 2.28. The van der Waals surface area contributed by atoms with Gasteiger partial charge in [0.1, 0.15) is 0 Å². The lowest BCUT2D eigenvalue weighted by Crippen LogP contribution is -2.44. The lowest BCUT2D eigenvalue weighted by Gasteiger charge is -2.31. The highest BCUT2D eigenvalue weighted by molar-refractivity contribution is 5.74. The Morgan fingerprint density at radius 2 is 2.32 bits per heavy atom. The van der Waals surface area contributed by atoms with E-state index in [1.165, 1.54) is 0 Å². The fraction of sp³-hybridized carbons (Fsp3) is 0.421. The first-order valence-electron chi connectivity index (χ1n) is 9.36. The number of likely N-dealkylation sites (tertiary alicyclic amines) is 1. The smallest absolute Gasteiger partial charge is 0.317 e. The van der Waals surface area contributed by atoms with Crippen molar-refractivity contribution in [2.24, 2.45) is 7.05 Å². The first-order chi connectivity index (χ1) is 13.6. The Morgan fingerprint density at radius 1 is 1.43 bits per heavy atom. The molecule has 1 aliphatic heterocycles.